The van der Waals surface area contributed by atoms with E-state index in [0.29, 0.717) is 18.8 Å². The van der Waals surface area contributed by atoms with Crippen molar-refractivity contribution in [1.82, 2.24) is 0 Å². The van der Waals surface area contributed by atoms with Crippen molar-refractivity contribution in [2.75, 3.05) is 26.6 Å². The molecule has 2 aliphatic heterocycles. The van der Waals surface area contributed by atoms with Crippen LogP contribution in [0.15, 0.2) is 0 Å². The largest absolute Gasteiger partial charge is 0.379 e. The zero-order chi connectivity index (χ0) is 6.81. The molecule has 2 heterocycles. The van der Waals surface area contributed by atoms with E-state index in [9.17, 15) is 0 Å². The molecule has 0 spiro atoms. The Morgan fingerprint density at radius 3 is 3.00 bits per heavy atom. The monoisotopic (exact) mass is 144 g/mol. The van der Waals surface area contributed by atoms with Crippen LogP contribution in [0.2, 0.25) is 0 Å². The summed E-state index contributed by atoms with van der Waals surface area (Å²) in [6.45, 7) is 2.93. The lowest BCUT2D eigenvalue weighted by molar-refractivity contribution is -0.205. The van der Waals surface area contributed by atoms with Crippen LogP contribution in [0.25, 0.3) is 0 Å². The Balaban J connectivity index is 1.93. The molecule has 3 heteroatoms. The zero-order valence-electron chi connectivity index (χ0n) is 5.91. The second-order valence-corrected chi connectivity index (χ2v) is 2.82. The molecule has 0 aromatic carbocycles. The molecule has 0 radical (unpaired) electrons. The van der Waals surface area contributed by atoms with E-state index in [1.165, 1.54) is 0 Å². The summed E-state index contributed by atoms with van der Waals surface area (Å²) in [4.78, 5) is 0. The molecule has 2 aliphatic rings. The van der Waals surface area contributed by atoms with Gasteiger partial charge in [-0.3, -0.25) is 0 Å². The van der Waals surface area contributed by atoms with Crippen LogP contribution >= 0.6 is 0 Å². The molecule has 2 unspecified atom stereocenters. The lowest BCUT2D eigenvalue weighted by Gasteiger charge is -2.34. The van der Waals surface area contributed by atoms with Gasteiger partial charge in [0, 0.05) is 12.5 Å². The van der Waals surface area contributed by atoms with Gasteiger partial charge < -0.3 is 14.2 Å². The molecular formula is C7H12O3. The second kappa shape index (κ2) is 2.86. The van der Waals surface area contributed by atoms with Crippen LogP contribution in [-0.2, 0) is 14.2 Å². The molecule has 58 valence electrons. The minimum atomic E-state index is 0.308. The van der Waals surface area contributed by atoms with E-state index >= 15 is 0 Å². The Labute approximate surface area is 60.3 Å². The van der Waals surface area contributed by atoms with Crippen molar-refractivity contribution in [3.8, 4) is 0 Å². The van der Waals surface area contributed by atoms with E-state index in [2.05, 4.69) is 0 Å². The minimum absolute atomic E-state index is 0.308. The van der Waals surface area contributed by atoms with Crippen molar-refractivity contribution in [3.05, 3.63) is 0 Å². The van der Waals surface area contributed by atoms with Gasteiger partial charge in [-0.2, -0.15) is 0 Å². The first kappa shape index (κ1) is 6.58. The molecule has 0 N–H and O–H groups in total. The first-order chi connectivity index (χ1) is 4.97. The fourth-order valence-electron chi connectivity index (χ4n) is 1.47. The number of hydrogen-bond donors (Lipinski definition) is 0. The maximum atomic E-state index is 5.33. The van der Waals surface area contributed by atoms with Crippen LogP contribution in [0.3, 0.4) is 0 Å². The van der Waals surface area contributed by atoms with Crippen molar-refractivity contribution in [2.45, 2.75) is 12.5 Å². The Bertz CT molecular complexity index is 89.4. The average Bonchev–Trinajstić information content (AvgIpc) is 2.05. The predicted molar refractivity (Wildman–Crippen MR) is 34.6 cm³/mol. The number of ether oxygens (including phenoxy) is 3. The highest BCUT2D eigenvalue weighted by Crippen LogP contribution is 2.21. The van der Waals surface area contributed by atoms with Crippen LogP contribution in [0, 0.1) is 5.92 Å². The van der Waals surface area contributed by atoms with Gasteiger partial charge in [0.2, 0.25) is 0 Å². The predicted octanol–water partition coefficient (Wildman–Crippen LogP) is 0.396. The van der Waals surface area contributed by atoms with Gasteiger partial charge in [0.05, 0.1) is 19.3 Å². The lowest BCUT2D eigenvalue weighted by Crippen LogP contribution is -2.41. The molecule has 2 saturated heterocycles. The summed E-state index contributed by atoms with van der Waals surface area (Å²) in [5.74, 6) is 0.586. The zero-order valence-corrected chi connectivity index (χ0v) is 5.91. The van der Waals surface area contributed by atoms with Crippen molar-refractivity contribution in [2.24, 2.45) is 5.92 Å². The SMILES string of the molecule is C1CC2COCOC2CO1. The third kappa shape index (κ3) is 1.17. The highest BCUT2D eigenvalue weighted by Gasteiger charge is 2.29. The Hall–Kier alpha value is -0.120. The maximum absolute atomic E-state index is 5.33. The van der Waals surface area contributed by atoms with Gasteiger partial charge in [0.1, 0.15) is 6.79 Å². The van der Waals surface area contributed by atoms with Gasteiger partial charge in [0.25, 0.3) is 0 Å². The summed E-state index contributed by atoms with van der Waals surface area (Å²) in [5.41, 5.74) is 0. The third-order valence-electron chi connectivity index (χ3n) is 2.14. The lowest BCUT2D eigenvalue weighted by atomic mass is 9.98. The van der Waals surface area contributed by atoms with Crippen molar-refractivity contribution in [1.29, 1.82) is 0 Å². The summed E-state index contributed by atoms with van der Waals surface area (Å²) in [6.07, 6.45) is 1.40. The first-order valence-electron chi connectivity index (χ1n) is 3.74. The third-order valence-corrected chi connectivity index (χ3v) is 2.14. The summed E-state index contributed by atoms with van der Waals surface area (Å²) in [6, 6.07) is 0. The van der Waals surface area contributed by atoms with Gasteiger partial charge in [-0.25, -0.2) is 0 Å². The molecule has 2 rings (SSSR count). The molecule has 2 atom stereocenters. The molecule has 0 aromatic rings. The van der Waals surface area contributed by atoms with Gasteiger partial charge in [0.15, 0.2) is 0 Å². The molecule has 0 aliphatic carbocycles. The van der Waals surface area contributed by atoms with Crippen LogP contribution in [0.1, 0.15) is 6.42 Å². The quantitative estimate of drug-likeness (QED) is 0.492. The summed E-state index contributed by atoms with van der Waals surface area (Å²) >= 11 is 0. The van der Waals surface area contributed by atoms with E-state index in [1.807, 2.05) is 0 Å². The van der Waals surface area contributed by atoms with E-state index in [4.69, 9.17) is 14.2 Å². The molecule has 0 saturated carbocycles. The Kier molecular flexibility index (Phi) is 1.88. The highest BCUT2D eigenvalue weighted by atomic mass is 16.7. The van der Waals surface area contributed by atoms with E-state index in [-0.39, 0.29) is 0 Å². The van der Waals surface area contributed by atoms with Gasteiger partial charge in [-0.15, -0.1) is 0 Å². The molecular weight excluding hydrogens is 132 g/mol. The number of hydrogen-bond acceptors (Lipinski definition) is 3. The van der Waals surface area contributed by atoms with Gasteiger partial charge in [-0.05, 0) is 6.42 Å². The fraction of sp³-hybridized carbons (Fsp3) is 1.00. The molecule has 0 aromatic heterocycles. The van der Waals surface area contributed by atoms with E-state index in [1.54, 1.807) is 0 Å². The average molecular weight is 144 g/mol. The topological polar surface area (TPSA) is 27.7 Å². The summed E-state index contributed by atoms with van der Waals surface area (Å²) < 4.78 is 15.8. The minimum Gasteiger partial charge on any atom is -0.379 e. The van der Waals surface area contributed by atoms with Gasteiger partial charge in [-0.1, -0.05) is 0 Å². The highest BCUT2D eigenvalue weighted by molar-refractivity contribution is 4.75. The molecule has 2 fully saturated rings. The molecule has 0 bridgehead atoms. The van der Waals surface area contributed by atoms with Crippen LogP contribution in [0.5, 0.6) is 0 Å². The summed E-state index contributed by atoms with van der Waals surface area (Å²) in [7, 11) is 0. The van der Waals surface area contributed by atoms with Gasteiger partial charge >= 0.3 is 0 Å². The molecule has 3 nitrogen and oxygen atoms in total. The fourth-order valence-corrected chi connectivity index (χ4v) is 1.47. The number of fused-ring (bicyclic) bond motifs is 1. The summed E-state index contributed by atoms with van der Waals surface area (Å²) in [5, 5.41) is 0. The van der Waals surface area contributed by atoms with Crippen molar-refractivity contribution in [3.63, 3.8) is 0 Å². The van der Waals surface area contributed by atoms with Crippen LogP contribution in [0.4, 0.5) is 0 Å². The van der Waals surface area contributed by atoms with Crippen LogP contribution < -0.4 is 0 Å². The normalized spacial score (nSPS) is 40.8. The van der Waals surface area contributed by atoms with Crippen LogP contribution in [-0.4, -0.2) is 32.7 Å². The first-order valence-corrected chi connectivity index (χ1v) is 3.74. The standard InChI is InChI=1S/C7H12O3/c1-2-8-4-7-6(1)3-9-5-10-7/h6-7H,1-5H2. The van der Waals surface area contributed by atoms with E-state index < -0.39 is 0 Å². The van der Waals surface area contributed by atoms with Crippen molar-refractivity contribution >= 4 is 0 Å². The smallest absolute Gasteiger partial charge is 0.147 e. The van der Waals surface area contributed by atoms with E-state index in [0.717, 1.165) is 26.2 Å². The molecule has 10 heavy (non-hydrogen) atoms. The Morgan fingerprint density at radius 2 is 2.10 bits per heavy atom. The second-order valence-electron chi connectivity index (χ2n) is 2.82. The van der Waals surface area contributed by atoms with Crippen molar-refractivity contribution < 1.29 is 14.2 Å². The maximum Gasteiger partial charge on any atom is 0.147 e. The molecule has 0 amide bonds. The number of rotatable bonds is 0. The Morgan fingerprint density at radius 1 is 1.10 bits per heavy atom.